The molecule has 0 bridgehead atoms. The second kappa shape index (κ2) is 8.85. The van der Waals surface area contributed by atoms with Crippen LogP contribution in [0.15, 0.2) is 10.7 Å². The third kappa shape index (κ3) is 4.53. The first-order valence-corrected chi connectivity index (χ1v) is 11.1. The molecule has 1 N–H and O–H groups in total. The Labute approximate surface area is 190 Å². The second-order valence-corrected chi connectivity index (χ2v) is 8.45. The molecule has 2 aromatic heterocycles. The quantitative estimate of drug-likeness (QED) is 0.634. The van der Waals surface area contributed by atoms with E-state index in [2.05, 4.69) is 31.4 Å². The predicted molar refractivity (Wildman–Crippen MR) is 110 cm³/mol. The summed E-state index contributed by atoms with van der Waals surface area (Å²) in [6.07, 6.45) is -1.78. The summed E-state index contributed by atoms with van der Waals surface area (Å²) in [5, 5.41) is 10.4. The number of hydrogen-bond donors (Lipinski definition) is 1. The largest absolute Gasteiger partial charge is 0.436 e. The number of carbonyl (C=O) groups is 2. The van der Waals surface area contributed by atoms with Gasteiger partial charge in [-0.3, -0.25) is 19.0 Å². The summed E-state index contributed by atoms with van der Waals surface area (Å²) in [4.78, 5) is 27.4. The molecule has 174 valence electrons. The van der Waals surface area contributed by atoms with Crippen molar-refractivity contribution in [3.8, 4) is 0 Å². The molecule has 1 aliphatic carbocycles. The molecule has 3 heterocycles. The zero-order valence-corrected chi connectivity index (χ0v) is 18.9. The van der Waals surface area contributed by atoms with Gasteiger partial charge in [-0.2, -0.15) is 23.4 Å². The number of morpholine rings is 1. The highest BCUT2D eigenvalue weighted by molar-refractivity contribution is 9.10. The molecule has 32 heavy (non-hydrogen) atoms. The number of aromatic nitrogens is 4. The van der Waals surface area contributed by atoms with Gasteiger partial charge in [0, 0.05) is 25.6 Å². The number of nitrogens with zero attached hydrogens (tertiary/aromatic N) is 5. The summed E-state index contributed by atoms with van der Waals surface area (Å²) in [6.45, 7) is 3.51. The van der Waals surface area contributed by atoms with E-state index in [4.69, 9.17) is 4.74 Å². The average molecular weight is 519 g/mol. The number of ether oxygens (including phenoxy) is 1. The van der Waals surface area contributed by atoms with Crippen LogP contribution in [0.3, 0.4) is 0 Å². The third-order valence-electron chi connectivity index (χ3n) is 5.37. The monoisotopic (exact) mass is 518 g/mol. The number of aryl methyl sites for hydroxylation is 1. The van der Waals surface area contributed by atoms with Crippen molar-refractivity contribution in [3.05, 3.63) is 27.8 Å². The molecule has 2 fully saturated rings. The Morgan fingerprint density at radius 3 is 2.53 bits per heavy atom. The Hall–Kier alpha value is -2.41. The first-order chi connectivity index (χ1) is 15.2. The summed E-state index contributed by atoms with van der Waals surface area (Å²) >= 11 is 3.01. The van der Waals surface area contributed by atoms with Crippen molar-refractivity contribution in [2.24, 2.45) is 0 Å². The van der Waals surface area contributed by atoms with Gasteiger partial charge in [-0.1, -0.05) is 0 Å². The molecule has 0 aromatic carbocycles. The fourth-order valence-electron chi connectivity index (χ4n) is 3.69. The SMILES string of the molecule is CCn1ncc(NC(=O)Cn2nc(C(F)(F)F)c(Br)c2C2CC2)c1C(=O)N1CCOCC1. The number of nitrogens with one attached hydrogen (secondary N) is 1. The Morgan fingerprint density at radius 2 is 1.94 bits per heavy atom. The van der Waals surface area contributed by atoms with Gasteiger partial charge in [0.15, 0.2) is 5.69 Å². The van der Waals surface area contributed by atoms with E-state index in [1.807, 2.05) is 6.92 Å². The van der Waals surface area contributed by atoms with Crippen LogP contribution in [0.1, 0.15) is 47.6 Å². The van der Waals surface area contributed by atoms with Crippen LogP contribution < -0.4 is 5.32 Å². The molecule has 0 unspecified atom stereocenters. The van der Waals surface area contributed by atoms with Crippen LogP contribution in [0.25, 0.3) is 0 Å². The summed E-state index contributed by atoms with van der Waals surface area (Å²) in [5.41, 5.74) is -0.248. The number of carbonyl (C=O) groups excluding carboxylic acids is 2. The van der Waals surface area contributed by atoms with Gasteiger partial charge < -0.3 is 15.0 Å². The fourth-order valence-corrected chi connectivity index (χ4v) is 4.52. The van der Waals surface area contributed by atoms with Crippen molar-refractivity contribution >= 4 is 33.4 Å². The van der Waals surface area contributed by atoms with Crippen molar-refractivity contribution in [1.82, 2.24) is 24.5 Å². The van der Waals surface area contributed by atoms with Crippen molar-refractivity contribution in [2.45, 2.75) is 44.9 Å². The normalized spacial score (nSPS) is 17.0. The van der Waals surface area contributed by atoms with Crippen molar-refractivity contribution < 1.29 is 27.5 Å². The van der Waals surface area contributed by atoms with Gasteiger partial charge in [-0.25, -0.2) is 0 Å². The van der Waals surface area contributed by atoms with Gasteiger partial charge in [0.1, 0.15) is 12.2 Å². The lowest BCUT2D eigenvalue weighted by Crippen LogP contribution is -2.41. The van der Waals surface area contributed by atoms with E-state index in [-0.39, 0.29) is 27.7 Å². The topological polar surface area (TPSA) is 94.3 Å². The van der Waals surface area contributed by atoms with Crippen LogP contribution in [-0.4, -0.2) is 62.6 Å². The summed E-state index contributed by atoms with van der Waals surface area (Å²) < 4.78 is 47.6. The van der Waals surface area contributed by atoms with Gasteiger partial charge >= 0.3 is 6.18 Å². The number of halogens is 4. The lowest BCUT2D eigenvalue weighted by molar-refractivity contribution is -0.142. The van der Waals surface area contributed by atoms with E-state index in [0.717, 1.165) is 17.5 Å². The zero-order chi connectivity index (χ0) is 23.0. The molecule has 1 saturated carbocycles. The smallest absolute Gasteiger partial charge is 0.378 e. The average Bonchev–Trinajstić information content (AvgIpc) is 3.41. The molecule has 0 spiro atoms. The third-order valence-corrected chi connectivity index (χ3v) is 6.15. The number of anilines is 1. The van der Waals surface area contributed by atoms with Gasteiger partial charge in [0.05, 0.1) is 35.3 Å². The van der Waals surface area contributed by atoms with Crippen LogP contribution in [0.5, 0.6) is 0 Å². The van der Waals surface area contributed by atoms with Gasteiger partial charge in [0.2, 0.25) is 5.91 Å². The number of amides is 2. The Balaban J connectivity index is 1.56. The lowest BCUT2D eigenvalue weighted by atomic mass is 10.2. The second-order valence-electron chi connectivity index (χ2n) is 7.65. The van der Waals surface area contributed by atoms with E-state index < -0.39 is 24.3 Å². The first-order valence-electron chi connectivity index (χ1n) is 10.3. The number of hydrogen-bond acceptors (Lipinski definition) is 5. The summed E-state index contributed by atoms with van der Waals surface area (Å²) in [6, 6.07) is 0. The highest BCUT2D eigenvalue weighted by Gasteiger charge is 2.42. The van der Waals surface area contributed by atoms with Crippen LogP contribution in [0, 0.1) is 0 Å². The Morgan fingerprint density at radius 1 is 1.25 bits per heavy atom. The molecular weight excluding hydrogens is 497 g/mol. The van der Waals surface area contributed by atoms with Crippen molar-refractivity contribution in [2.75, 3.05) is 31.6 Å². The van der Waals surface area contributed by atoms with Crippen LogP contribution in [0.2, 0.25) is 0 Å². The molecule has 4 rings (SSSR count). The van der Waals surface area contributed by atoms with Crippen molar-refractivity contribution in [1.29, 1.82) is 0 Å². The molecular formula is C19H22BrF3N6O3. The van der Waals surface area contributed by atoms with Gasteiger partial charge in [0.25, 0.3) is 5.91 Å². The van der Waals surface area contributed by atoms with Crippen LogP contribution in [0.4, 0.5) is 18.9 Å². The van der Waals surface area contributed by atoms with E-state index >= 15 is 0 Å². The highest BCUT2D eigenvalue weighted by Crippen LogP contribution is 2.47. The Bertz CT molecular complexity index is 1020. The number of alkyl halides is 3. The van der Waals surface area contributed by atoms with Crippen molar-refractivity contribution in [3.63, 3.8) is 0 Å². The molecule has 2 aliphatic rings. The van der Waals surface area contributed by atoms with Gasteiger partial charge in [-0.15, -0.1) is 0 Å². The van der Waals surface area contributed by atoms with Crippen LogP contribution >= 0.6 is 15.9 Å². The van der Waals surface area contributed by atoms with E-state index in [9.17, 15) is 22.8 Å². The fraction of sp³-hybridized carbons (Fsp3) is 0.579. The molecule has 2 amide bonds. The minimum absolute atomic E-state index is 0.0675. The summed E-state index contributed by atoms with van der Waals surface area (Å²) in [7, 11) is 0. The van der Waals surface area contributed by atoms with E-state index in [0.29, 0.717) is 38.5 Å². The molecule has 0 atom stereocenters. The molecule has 1 aliphatic heterocycles. The Kier molecular flexibility index (Phi) is 6.30. The number of rotatable bonds is 6. The lowest BCUT2D eigenvalue weighted by Gasteiger charge is -2.27. The summed E-state index contributed by atoms with van der Waals surface area (Å²) in [5.74, 6) is -0.952. The minimum Gasteiger partial charge on any atom is -0.378 e. The van der Waals surface area contributed by atoms with E-state index in [1.54, 1.807) is 4.90 Å². The molecule has 2 aromatic rings. The molecule has 1 saturated heterocycles. The van der Waals surface area contributed by atoms with E-state index in [1.165, 1.54) is 10.9 Å². The first kappa shape index (κ1) is 22.8. The molecule has 9 nitrogen and oxygen atoms in total. The van der Waals surface area contributed by atoms with Crippen LogP contribution in [-0.2, 0) is 28.8 Å². The maximum Gasteiger partial charge on any atom is 0.436 e. The standard InChI is InChI=1S/C19H22BrF3N6O3/c1-2-28-16(18(31)27-5-7-32-8-6-27)12(9-24-28)25-13(30)10-29-15(11-3-4-11)14(20)17(26-29)19(21,22)23/h9,11H,2-8,10H2,1H3,(H,25,30). The van der Waals surface area contributed by atoms with Gasteiger partial charge in [-0.05, 0) is 35.7 Å². The zero-order valence-electron chi connectivity index (χ0n) is 17.3. The maximum atomic E-state index is 13.3. The predicted octanol–water partition coefficient (Wildman–Crippen LogP) is 2.87. The molecule has 0 radical (unpaired) electrons. The highest BCUT2D eigenvalue weighted by atomic mass is 79.9. The minimum atomic E-state index is -4.63. The maximum absolute atomic E-state index is 13.3. The molecule has 13 heteroatoms.